The fourth-order valence-corrected chi connectivity index (χ4v) is 2.53. The Morgan fingerprint density at radius 2 is 1.87 bits per heavy atom. The van der Waals surface area contributed by atoms with Crippen molar-refractivity contribution in [2.75, 3.05) is 11.4 Å². The number of para-hydroxylation sites is 1. The van der Waals surface area contributed by atoms with E-state index in [2.05, 4.69) is 10.6 Å². The van der Waals surface area contributed by atoms with Gasteiger partial charge in [-0.1, -0.05) is 18.2 Å². The van der Waals surface area contributed by atoms with Crippen LogP contribution >= 0.6 is 0 Å². The van der Waals surface area contributed by atoms with E-state index in [0.717, 1.165) is 5.69 Å². The number of benzene rings is 1. The molecule has 0 aliphatic carbocycles. The fourth-order valence-electron chi connectivity index (χ4n) is 2.53. The first-order chi connectivity index (χ1) is 10.8. The summed E-state index contributed by atoms with van der Waals surface area (Å²) in [5, 5.41) is 13.9. The molecule has 1 aliphatic rings. The highest BCUT2D eigenvalue weighted by molar-refractivity contribution is 6.35. The molecule has 2 atom stereocenters. The topological polar surface area (TPSA) is 98.7 Å². The van der Waals surface area contributed by atoms with Gasteiger partial charge in [0.2, 0.25) is 0 Å². The zero-order valence-corrected chi connectivity index (χ0v) is 13.4. The normalized spacial score (nSPS) is 17.9. The highest BCUT2D eigenvalue weighted by Crippen LogP contribution is 2.36. The quantitative estimate of drug-likeness (QED) is 0.685. The van der Waals surface area contributed by atoms with E-state index >= 15 is 0 Å². The lowest BCUT2D eigenvalue weighted by molar-refractivity contribution is -0.140. The van der Waals surface area contributed by atoms with E-state index in [-0.39, 0.29) is 18.5 Å². The van der Waals surface area contributed by atoms with Crippen LogP contribution in [0.5, 0.6) is 0 Å². The lowest BCUT2D eigenvalue weighted by atomic mass is 10.1. The molecule has 1 aromatic rings. The number of rotatable bonds is 4. The van der Waals surface area contributed by atoms with Crippen LogP contribution < -0.4 is 15.5 Å². The number of nitrogens with zero attached hydrogens (tertiary/aromatic N) is 1. The van der Waals surface area contributed by atoms with E-state index < -0.39 is 24.0 Å². The molecule has 1 heterocycles. The summed E-state index contributed by atoms with van der Waals surface area (Å²) in [6.07, 6.45) is -0.753. The van der Waals surface area contributed by atoms with Gasteiger partial charge < -0.3 is 20.6 Å². The van der Waals surface area contributed by atoms with Crippen molar-refractivity contribution >= 4 is 23.4 Å². The van der Waals surface area contributed by atoms with Gasteiger partial charge in [-0.15, -0.1) is 0 Å². The van der Waals surface area contributed by atoms with Crippen LogP contribution in [0.15, 0.2) is 24.3 Å². The first-order valence-electron chi connectivity index (χ1n) is 7.51. The van der Waals surface area contributed by atoms with Crippen molar-refractivity contribution in [3.05, 3.63) is 29.8 Å². The number of amides is 3. The van der Waals surface area contributed by atoms with E-state index in [1.54, 1.807) is 17.0 Å². The average molecular weight is 319 g/mol. The number of fused-ring (bicyclic) bond motifs is 1. The molecule has 0 fully saturated rings. The summed E-state index contributed by atoms with van der Waals surface area (Å²) in [4.78, 5) is 37.9. The Kier molecular flexibility index (Phi) is 5.00. The minimum absolute atomic E-state index is 0.0282. The molecule has 2 rings (SSSR count). The summed E-state index contributed by atoms with van der Waals surface area (Å²) in [5.41, 5.74) is 1.41. The van der Waals surface area contributed by atoms with Crippen LogP contribution in [0.3, 0.4) is 0 Å². The van der Waals surface area contributed by atoms with E-state index in [4.69, 9.17) is 5.11 Å². The summed E-state index contributed by atoms with van der Waals surface area (Å²) in [5.74, 6) is -2.04. The van der Waals surface area contributed by atoms with E-state index in [1.807, 2.05) is 26.0 Å². The van der Waals surface area contributed by atoms with Gasteiger partial charge >= 0.3 is 11.8 Å². The van der Waals surface area contributed by atoms with Crippen LogP contribution in [0.25, 0.3) is 0 Å². The highest BCUT2D eigenvalue weighted by atomic mass is 16.3. The predicted octanol–water partition coefficient (Wildman–Crippen LogP) is 0.0959. The molecule has 0 bridgehead atoms. The van der Waals surface area contributed by atoms with Crippen molar-refractivity contribution in [2.45, 2.75) is 39.0 Å². The first kappa shape index (κ1) is 17.0. The van der Waals surface area contributed by atoms with Crippen molar-refractivity contribution in [3.63, 3.8) is 0 Å². The molecule has 7 heteroatoms. The molecule has 3 amide bonds. The number of anilines is 1. The summed E-state index contributed by atoms with van der Waals surface area (Å²) in [6, 6.07) is 6.23. The molecule has 7 nitrogen and oxygen atoms in total. The molecular weight excluding hydrogens is 298 g/mol. The number of carbonyl (C=O) groups is 3. The SMILES string of the molecule is CC(C)N1C(=O)[C@H](NC(=O)C(=O)NC[C@H](C)O)c2ccccc21. The van der Waals surface area contributed by atoms with Crippen LogP contribution in [-0.2, 0) is 14.4 Å². The summed E-state index contributed by atoms with van der Waals surface area (Å²) in [6.45, 7) is 5.23. The molecule has 1 aliphatic heterocycles. The maximum atomic E-state index is 12.6. The van der Waals surface area contributed by atoms with Crippen molar-refractivity contribution in [1.29, 1.82) is 0 Å². The summed E-state index contributed by atoms with van der Waals surface area (Å²) in [7, 11) is 0. The van der Waals surface area contributed by atoms with Crippen LogP contribution in [0.1, 0.15) is 32.4 Å². The third-order valence-corrected chi connectivity index (χ3v) is 3.55. The van der Waals surface area contributed by atoms with Crippen LogP contribution in [0.4, 0.5) is 5.69 Å². The Morgan fingerprint density at radius 1 is 1.22 bits per heavy atom. The van der Waals surface area contributed by atoms with Gasteiger partial charge in [0.25, 0.3) is 5.91 Å². The van der Waals surface area contributed by atoms with Gasteiger partial charge in [-0.2, -0.15) is 0 Å². The Morgan fingerprint density at radius 3 is 2.48 bits per heavy atom. The number of aliphatic hydroxyl groups is 1. The average Bonchev–Trinajstić information content (AvgIpc) is 2.77. The molecule has 23 heavy (non-hydrogen) atoms. The van der Waals surface area contributed by atoms with Crippen molar-refractivity contribution in [2.24, 2.45) is 0 Å². The second kappa shape index (κ2) is 6.78. The maximum Gasteiger partial charge on any atom is 0.310 e. The van der Waals surface area contributed by atoms with E-state index in [9.17, 15) is 14.4 Å². The molecule has 0 radical (unpaired) electrons. The maximum absolute atomic E-state index is 12.6. The van der Waals surface area contributed by atoms with Gasteiger partial charge in [0.1, 0.15) is 6.04 Å². The van der Waals surface area contributed by atoms with Gasteiger partial charge in [0, 0.05) is 23.8 Å². The van der Waals surface area contributed by atoms with E-state index in [1.165, 1.54) is 6.92 Å². The third-order valence-electron chi connectivity index (χ3n) is 3.55. The molecular formula is C16H21N3O4. The zero-order chi connectivity index (χ0) is 17.1. The number of aliphatic hydroxyl groups excluding tert-OH is 1. The van der Waals surface area contributed by atoms with Gasteiger partial charge in [-0.25, -0.2) is 0 Å². The fraction of sp³-hybridized carbons (Fsp3) is 0.438. The Labute approximate surface area is 134 Å². The lowest BCUT2D eigenvalue weighted by Gasteiger charge is -2.22. The molecule has 0 unspecified atom stereocenters. The Bertz CT molecular complexity index is 628. The summed E-state index contributed by atoms with van der Waals surface area (Å²) >= 11 is 0. The van der Waals surface area contributed by atoms with Crippen molar-refractivity contribution in [1.82, 2.24) is 10.6 Å². The minimum Gasteiger partial charge on any atom is -0.392 e. The van der Waals surface area contributed by atoms with E-state index in [0.29, 0.717) is 5.56 Å². The zero-order valence-electron chi connectivity index (χ0n) is 13.4. The molecule has 0 saturated heterocycles. The monoisotopic (exact) mass is 319 g/mol. The largest absolute Gasteiger partial charge is 0.392 e. The number of carbonyl (C=O) groups excluding carboxylic acids is 3. The van der Waals surface area contributed by atoms with Gasteiger partial charge in [-0.3, -0.25) is 14.4 Å². The van der Waals surface area contributed by atoms with Crippen LogP contribution in [0.2, 0.25) is 0 Å². The Balaban J connectivity index is 2.15. The molecule has 124 valence electrons. The van der Waals surface area contributed by atoms with Crippen molar-refractivity contribution < 1.29 is 19.5 Å². The Hall–Kier alpha value is -2.41. The lowest BCUT2D eigenvalue weighted by Crippen LogP contribution is -2.46. The minimum atomic E-state index is -0.899. The molecule has 0 spiro atoms. The smallest absolute Gasteiger partial charge is 0.310 e. The first-order valence-corrected chi connectivity index (χ1v) is 7.51. The molecule has 0 aromatic heterocycles. The van der Waals surface area contributed by atoms with Crippen LogP contribution in [-0.4, -0.2) is 41.5 Å². The molecule has 3 N–H and O–H groups in total. The van der Waals surface area contributed by atoms with Crippen molar-refractivity contribution in [3.8, 4) is 0 Å². The van der Waals surface area contributed by atoms with Gasteiger partial charge in [-0.05, 0) is 26.8 Å². The van der Waals surface area contributed by atoms with Gasteiger partial charge in [0.05, 0.1) is 6.10 Å². The number of hydrogen-bond donors (Lipinski definition) is 3. The second-order valence-electron chi connectivity index (χ2n) is 5.83. The molecule has 0 saturated carbocycles. The summed E-state index contributed by atoms with van der Waals surface area (Å²) < 4.78 is 0. The highest BCUT2D eigenvalue weighted by Gasteiger charge is 2.39. The number of hydrogen-bond acceptors (Lipinski definition) is 4. The predicted molar refractivity (Wildman–Crippen MR) is 84.6 cm³/mol. The second-order valence-corrected chi connectivity index (χ2v) is 5.83. The third kappa shape index (κ3) is 3.50. The van der Waals surface area contributed by atoms with Gasteiger partial charge in [0.15, 0.2) is 0 Å². The molecule has 1 aromatic carbocycles. The number of nitrogens with one attached hydrogen (secondary N) is 2. The standard InChI is InChI=1S/C16H21N3O4/c1-9(2)19-12-7-5-4-6-11(12)13(16(19)23)18-15(22)14(21)17-8-10(3)20/h4-7,9-10,13,20H,8H2,1-3H3,(H,17,21)(H,18,22)/t10-,13+/m0/s1. The van der Waals surface area contributed by atoms with Crippen LogP contribution in [0, 0.1) is 0 Å².